The van der Waals surface area contributed by atoms with Gasteiger partial charge in [-0.1, -0.05) is 12.2 Å². The molecule has 1 aromatic rings. The molecule has 0 amide bonds. The van der Waals surface area contributed by atoms with E-state index in [1.807, 2.05) is 0 Å². The number of quaternary nitrogens is 1. The van der Waals surface area contributed by atoms with E-state index in [2.05, 4.69) is 4.18 Å². The van der Waals surface area contributed by atoms with Crippen LogP contribution >= 0.6 is 0 Å². The number of phenols is 1. The summed E-state index contributed by atoms with van der Waals surface area (Å²) in [5.74, 6) is -1.62. The summed E-state index contributed by atoms with van der Waals surface area (Å²) >= 11 is 0. The maximum Gasteiger partial charge on any atom is 0.342 e. The number of Topliss-reactive ketones (excluding diaryl/α,β-unsaturated/α-hetero) is 1. The van der Waals surface area contributed by atoms with Gasteiger partial charge in [-0.05, 0) is 44.2 Å². The van der Waals surface area contributed by atoms with Crippen molar-refractivity contribution in [3.63, 3.8) is 0 Å². The smallest absolute Gasteiger partial charge is 0.342 e. The Labute approximate surface area is 163 Å². The zero-order valence-electron chi connectivity index (χ0n) is 15.8. The van der Waals surface area contributed by atoms with E-state index in [4.69, 9.17) is 4.74 Å². The third-order valence-electron chi connectivity index (χ3n) is 4.02. The number of ether oxygens (including phenoxy) is 1. The normalized spacial score (nSPS) is 20.1. The summed E-state index contributed by atoms with van der Waals surface area (Å²) in [5, 5.41) is 10.2. The van der Waals surface area contributed by atoms with Crippen molar-refractivity contribution < 1.29 is 36.6 Å². The fourth-order valence-corrected chi connectivity index (χ4v) is 3.11. The molecule has 0 radical (unpaired) electrons. The first-order chi connectivity index (χ1) is 12.7. The second-order valence-corrected chi connectivity index (χ2v) is 7.32. The molecule has 0 fully saturated rings. The molecule has 9 nitrogen and oxygen atoms in total. The van der Waals surface area contributed by atoms with Gasteiger partial charge < -0.3 is 24.7 Å². The number of ketones is 1. The minimum absolute atomic E-state index is 0. The van der Waals surface area contributed by atoms with Crippen LogP contribution in [0.3, 0.4) is 0 Å². The van der Waals surface area contributed by atoms with Gasteiger partial charge in [0.25, 0.3) is 10.4 Å². The van der Waals surface area contributed by atoms with Gasteiger partial charge in [-0.3, -0.25) is 4.79 Å². The maximum absolute atomic E-state index is 12.5. The Balaban J connectivity index is 0.00000392. The lowest BCUT2D eigenvalue weighted by atomic mass is 10.0. The molecule has 156 valence electrons. The fourth-order valence-electron chi connectivity index (χ4n) is 2.78. The van der Waals surface area contributed by atoms with Crippen LogP contribution in [-0.4, -0.2) is 35.9 Å². The van der Waals surface area contributed by atoms with Crippen LogP contribution in [0.2, 0.25) is 0 Å². The number of fused-ring (bicyclic) bond motifs is 1. The van der Waals surface area contributed by atoms with Crippen LogP contribution in [0.5, 0.6) is 11.5 Å². The lowest BCUT2D eigenvalue weighted by molar-refractivity contribution is -0.119. The average Bonchev–Trinajstić information content (AvgIpc) is 2.51. The first-order valence-corrected chi connectivity index (χ1v) is 9.90. The quantitative estimate of drug-likeness (QED) is 0.422. The number of allylic oxidation sites excluding steroid dienone is 1. The summed E-state index contributed by atoms with van der Waals surface area (Å²) in [7, 11) is -5.04. The molecule has 5 N–H and O–H groups in total. The predicted molar refractivity (Wildman–Crippen MR) is 101 cm³/mol. The number of esters is 1. The molecule has 1 aromatic carbocycles. The van der Waals surface area contributed by atoms with Crippen molar-refractivity contribution >= 4 is 28.2 Å². The third-order valence-corrected chi connectivity index (χ3v) is 4.42. The number of carbonyl (C=O) groups is 2. The van der Waals surface area contributed by atoms with Crippen molar-refractivity contribution in [2.24, 2.45) is 0 Å². The van der Waals surface area contributed by atoms with E-state index in [0.717, 1.165) is 12.1 Å². The van der Waals surface area contributed by atoms with Crippen molar-refractivity contribution in [1.82, 2.24) is 6.15 Å². The van der Waals surface area contributed by atoms with Gasteiger partial charge in [0, 0.05) is 18.9 Å². The number of cyclic esters (lactones) is 1. The molecule has 10 heteroatoms. The monoisotopic (exact) mass is 415 g/mol. The van der Waals surface area contributed by atoms with Crippen molar-refractivity contribution in [3.8, 4) is 11.5 Å². The Morgan fingerprint density at radius 3 is 2.57 bits per heavy atom. The largest absolute Gasteiger partial charge is 0.716 e. The summed E-state index contributed by atoms with van der Waals surface area (Å²) in [6.45, 7) is 1.68. The van der Waals surface area contributed by atoms with E-state index in [9.17, 15) is 27.7 Å². The number of rotatable bonds is 2. The van der Waals surface area contributed by atoms with Gasteiger partial charge in [0.15, 0.2) is 0 Å². The van der Waals surface area contributed by atoms with Gasteiger partial charge in [0.1, 0.15) is 22.8 Å². The molecule has 0 spiro atoms. The predicted octanol–water partition coefficient (Wildman–Crippen LogP) is 3.09. The van der Waals surface area contributed by atoms with Crippen LogP contribution in [0, 0.1) is 0 Å². The Morgan fingerprint density at radius 1 is 1.21 bits per heavy atom. The van der Waals surface area contributed by atoms with E-state index >= 15 is 0 Å². The highest BCUT2D eigenvalue weighted by Crippen LogP contribution is 2.31. The summed E-state index contributed by atoms with van der Waals surface area (Å²) in [6, 6.07) is 2.03. The molecule has 1 heterocycles. The van der Waals surface area contributed by atoms with Gasteiger partial charge in [-0.2, -0.15) is 0 Å². The molecular formula is C18H25NO8S. The van der Waals surface area contributed by atoms with Crippen LogP contribution in [0.15, 0.2) is 18.2 Å². The van der Waals surface area contributed by atoms with Crippen molar-refractivity contribution in [2.45, 2.75) is 51.6 Å². The molecule has 1 aliphatic heterocycles. The molecule has 0 bridgehead atoms. The minimum atomic E-state index is -5.04. The summed E-state index contributed by atoms with van der Waals surface area (Å²) in [5.41, 5.74) is -0.00359. The molecule has 2 rings (SSSR count). The number of phenolic OH excluding ortho intramolecular Hbond substituents is 1. The summed E-state index contributed by atoms with van der Waals surface area (Å²) < 4.78 is 42.0. The standard InChI is InChI=1S/C18H22O8S.H3N/c1-12-6-5-9-14(19)8-4-2-3-7-13-10-15(26-27(22,23)24)11-16(20)17(13)18(21)25-12;/h3,7,10-12,20H,2,4-6,8-9H2,1H3,(H,22,23,24);1H3/b7-3-;/t12-;/m0./s1. The topological polar surface area (TPSA) is 167 Å². The fraction of sp³-hybridized carbons (Fsp3) is 0.444. The number of benzene rings is 1. The number of hydrogen-bond donors (Lipinski definition) is 2. The van der Waals surface area contributed by atoms with E-state index in [0.29, 0.717) is 38.5 Å². The molecule has 0 saturated carbocycles. The molecule has 0 saturated heterocycles. The number of carbonyl (C=O) groups excluding carboxylic acids is 2. The Hall–Kier alpha value is -2.43. The first-order valence-electron chi connectivity index (χ1n) is 8.57. The summed E-state index contributed by atoms with van der Waals surface area (Å²) in [6.07, 6.45) is 5.83. The van der Waals surface area contributed by atoms with Crippen LogP contribution in [0.1, 0.15) is 61.4 Å². The van der Waals surface area contributed by atoms with Crippen molar-refractivity contribution in [1.29, 1.82) is 0 Å². The number of aromatic hydroxyl groups is 1. The van der Waals surface area contributed by atoms with E-state index in [1.54, 1.807) is 13.0 Å². The highest BCUT2D eigenvalue weighted by atomic mass is 32.3. The molecule has 28 heavy (non-hydrogen) atoms. The second kappa shape index (κ2) is 10.2. The van der Waals surface area contributed by atoms with E-state index < -0.39 is 34.0 Å². The lowest BCUT2D eigenvalue weighted by Crippen LogP contribution is -2.17. The maximum atomic E-state index is 12.5. The molecule has 1 aliphatic rings. The van der Waals surface area contributed by atoms with E-state index in [-0.39, 0.29) is 23.1 Å². The van der Waals surface area contributed by atoms with Crippen LogP contribution < -0.4 is 10.3 Å². The van der Waals surface area contributed by atoms with Crippen molar-refractivity contribution in [2.75, 3.05) is 0 Å². The van der Waals surface area contributed by atoms with Crippen LogP contribution in [0.4, 0.5) is 0 Å². The molecule has 0 aromatic heterocycles. The van der Waals surface area contributed by atoms with Gasteiger partial charge >= 0.3 is 5.97 Å². The van der Waals surface area contributed by atoms with Gasteiger partial charge in [-0.15, -0.1) is 0 Å². The third kappa shape index (κ3) is 7.29. The lowest BCUT2D eigenvalue weighted by Gasteiger charge is -2.17. The van der Waals surface area contributed by atoms with Crippen LogP contribution in [-0.2, 0) is 19.9 Å². The molecule has 1 atom stereocenters. The van der Waals surface area contributed by atoms with Gasteiger partial charge in [0.2, 0.25) is 0 Å². The highest BCUT2D eigenvalue weighted by molar-refractivity contribution is 7.81. The first kappa shape index (κ1) is 23.6. The molecule has 0 unspecified atom stereocenters. The molecular weight excluding hydrogens is 390 g/mol. The zero-order valence-corrected chi connectivity index (χ0v) is 16.7. The zero-order chi connectivity index (χ0) is 20.0. The average molecular weight is 415 g/mol. The van der Waals surface area contributed by atoms with Gasteiger partial charge in [-0.25, -0.2) is 13.2 Å². The molecule has 0 aliphatic carbocycles. The van der Waals surface area contributed by atoms with E-state index in [1.165, 1.54) is 6.08 Å². The SMILES string of the molecule is C[C@H]1CCCC(=O)CCC/C=C\c2cc(OS(=O)(=O)[O-])cc(O)c2C(=O)O1.[NH4+]. The van der Waals surface area contributed by atoms with Gasteiger partial charge in [0.05, 0.1) is 6.10 Å². The van der Waals surface area contributed by atoms with Crippen molar-refractivity contribution in [3.05, 3.63) is 29.3 Å². The second-order valence-electron chi connectivity index (χ2n) is 6.34. The highest BCUT2D eigenvalue weighted by Gasteiger charge is 2.21. The summed E-state index contributed by atoms with van der Waals surface area (Å²) in [4.78, 5) is 24.2. The minimum Gasteiger partial charge on any atom is -0.716 e. The Kier molecular flexibility index (Phi) is 8.61. The number of hydrogen-bond acceptors (Lipinski definition) is 8. The van der Waals surface area contributed by atoms with Crippen LogP contribution in [0.25, 0.3) is 6.08 Å². The Bertz CT molecular complexity index is 847. The Morgan fingerprint density at radius 2 is 1.89 bits per heavy atom.